The monoisotopic (exact) mass is 423 g/mol. The molecule has 0 saturated heterocycles. The van der Waals surface area contributed by atoms with Crippen molar-refractivity contribution in [1.82, 2.24) is 0 Å². The Labute approximate surface area is 179 Å². The first kappa shape index (κ1) is 21.4. The number of hydrogen-bond donors (Lipinski definition) is 3. The maximum atomic E-state index is 12.9. The van der Waals surface area contributed by atoms with Crippen LogP contribution in [0.25, 0.3) is 0 Å². The zero-order valence-electron chi connectivity index (χ0n) is 16.4. The number of carbonyl (C=O) groups is 2. The molecular weight excluding hydrogens is 401 g/mol. The molecule has 0 aliphatic rings. The number of aryl methyl sites for hydroxylation is 1. The summed E-state index contributed by atoms with van der Waals surface area (Å²) in [5.74, 6) is 0.172. The van der Waals surface area contributed by atoms with Gasteiger partial charge in [0.2, 0.25) is 5.91 Å². The van der Waals surface area contributed by atoms with Crippen LogP contribution in [0.4, 0.5) is 26.2 Å². The predicted molar refractivity (Wildman–Crippen MR) is 121 cm³/mol. The van der Waals surface area contributed by atoms with Gasteiger partial charge in [0.05, 0.1) is 0 Å². The Kier molecular flexibility index (Phi) is 7.45. The minimum Gasteiger partial charge on any atom is -0.326 e. The maximum absolute atomic E-state index is 12.9. The van der Waals surface area contributed by atoms with E-state index in [0.717, 1.165) is 10.5 Å². The maximum Gasteiger partial charge on any atom is 0.323 e. The lowest BCUT2D eigenvalue weighted by Crippen LogP contribution is -2.19. The van der Waals surface area contributed by atoms with Gasteiger partial charge >= 0.3 is 6.03 Å². The van der Waals surface area contributed by atoms with E-state index in [4.69, 9.17) is 0 Å². The average Bonchev–Trinajstić information content (AvgIpc) is 2.72. The second kappa shape index (κ2) is 10.5. The number of para-hydroxylation sites is 1. The Bertz CT molecular complexity index is 1010. The number of benzene rings is 3. The van der Waals surface area contributed by atoms with Gasteiger partial charge in [0.25, 0.3) is 0 Å². The number of carbonyl (C=O) groups excluding carboxylic acids is 2. The summed E-state index contributed by atoms with van der Waals surface area (Å²) in [5.41, 5.74) is 2.80. The Morgan fingerprint density at radius 3 is 2.30 bits per heavy atom. The molecule has 0 aromatic heterocycles. The molecule has 3 rings (SSSR count). The molecule has 0 aliphatic carbocycles. The molecule has 5 nitrogen and oxygen atoms in total. The highest BCUT2D eigenvalue weighted by molar-refractivity contribution is 7.99. The van der Waals surface area contributed by atoms with Gasteiger partial charge in [-0.1, -0.05) is 24.3 Å². The summed E-state index contributed by atoms with van der Waals surface area (Å²) in [6.45, 7) is 1.89. The van der Waals surface area contributed by atoms with Gasteiger partial charge in [0.1, 0.15) is 5.82 Å². The van der Waals surface area contributed by atoms with Crippen LogP contribution in [-0.4, -0.2) is 17.7 Å². The van der Waals surface area contributed by atoms with Crippen molar-refractivity contribution < 1.29 is 14.0 Å². The number of anilines is 3. The first-order valence-corrected chi connectivity index (χ1v) is 10.4. The van der Waals surface area contributed by atoms with Crippen molar-refractivity contribution in [3.05, 3.63) is 84.2 Å². The Morgan fingerprint density at radius 2 is 1.57 bits per heavy atom. The SMILES string of the molecule is Cc1ccc(NC(=O)Nc2ccccc2)cc1NC(=O)CCSc1ccc(F)cc1. The molecule has 0 bridgehead atoms. The summed E-state index contributed by atoms with van der Waals surface area (Å²) in [7, 11) is 0. The molecule has 0 saturated carbocycles. The molecule has 3 aromatic rings. The van der Waals surface area contributed by atoms with Gasteiger partial charge in [-0.25, -0.2) is 9.18 Å². The van der Waals surface area contributed by atoms with Crippen molar-refractivity contribution >= 4 is 40.8 Å². The van der Waals surface area contributed by atoms with Crippen LogP contribution in [0.5, 0.6) is 0 Å². The van der Waals surface area contributed by atoms with Gasteiger partial charge < -0.3 is 16.0 Å². The molecule has 0 heterocycles. The van der Waals surface area contributed by atoms with Crippen LogP contribution in [0.3, 0.4) is 0 Å². The topological polar surface area (TPSA) is 70.2 Å². The third-order valence-corrected chi connectivity index (χ3v) is 5.23. The van der Waals surface area contributed by atoms with E-state index in [2.05, 4.69) is 16.0 Å². The normalized spacial score (nSPS) is 10.3. The van der Waals surface area contributed by atoms with Crippen molar-refractivity contribution in [2.75, 3.05) is 21.7 Å². The summed E-state index contributed by atoms with van der Waals surface area (Å²) < 4.78 is 12.9. The summed E-state index contributed by atoms with van der Waals surface area (Å²) in [6, 6.07) is 20.3. The van der Waals surface area contributed by atoms with E-state index in [9.17, 15) is 14.0 Å². The predicted octanol–water partition coefficient (Wildman–Crippen LogP) is 5.90. The Hall–Kier alpha value is -3.32. The molecule has 154 valence electrons. The van der Waals surface area contributed by atoms with Crippen molar-refractivity contribution in [2.45, 2.75) is 18.2 Å². The van der Waals surface area contributed by atoms with Crippen molar-refractivity contribution in [2.24, 2.45) is 0 Å². The number of nitrogens with one attached hydrogen (secondary N) is 3. The number of hydrogen-bond acceptors (Lipinski definition) is 3. The minimum atomic E-state index is -0.363. The summed E-state index contributed by atoms with van der Waals surface area (Å²) in [6.07, 6.45) is 0.313. The second-order valence-corrected chi connectivity index (χ2v) is 7.74. The van der Waals surface area contributed by atoms with E-state index in [-0.39, 0.29) is 17.8 Å². The van der Waals surface area contributed by atoms with E-state index in [0.29, 0.717) is 29.2 Å². The largest absolute Gasteiger partial charge is 0.326 e. The molecular formula is C23H22FN3O2S. The number of halogens is 1. The highest BCUT2D eigenvalue weighted by Crippen LogP contribution is 2.22. The zero-order chi connectivity index (χ0) is 21.3. The smallest absolute Gasteiger partial charge is 0.323 e. The number of thioether (sulfide) groups is 1. The summed E-state index contributed by atoms with van der Waals surface area (Å²) in [4.78, 5) is 25.4. The van der Waals surface area contributed by atoms with E-state index in [1.165, 1.54) is 23.9 Å². The molecule has 0 unspecified atom stereocenters. The highest BCUT2D eigenvalue weighted by Gasteiger charge is 2.08. The van der Waals surface area contributed by atoms with E-state index in [1.807, 2.05) is 31.2 Å². The standard InChI is InChI=1S/C23H22FN3O2S/c1-16-7-10-19(26-23(29)25-18-5-3-2-4-6-18)15-21(16)27-22(28)13-14-30-20-11-8-17(24)9-12-20/h2-12,15H,13-14H2,1H3,(H,27,28)(H2,25,26,29). The second-order valence-electron chi connectivity index (χ2n) is 6.58. The first-order chi connectivity index (χ1) is 14.5. The zero-order valence-corrected chi connectivity index (χ0v) is 17.3. The van der Waals surface area contributed by atoms with Crippen LogP contribution in [0.15, 0.2) is 77.7 Å². The summed E-state index contributed by atoms with van der Waals surface area (Å²) >= 11 is 1.49. The van der Waals surface area contributed by atoms with Gasteiger partial charge in [-0.2, -0.15) is 0 Å². The third kappa shape index (κ3) is 6.63. The van der Waals surface area contributed by atoms with E-state index in [1.54, 1.807) is 36.4 Å². The molecule has 0 atom stereocenters. The molecule has 0 fully saturated rings. The summed E-state index contributed by atoms with van der Waals surface area (Å²) in [5, 5.41) is 8.40. The van der Waals surface area contributed by atoms with Gasteiger partial charge in [-0.05, 0) is 61.0 Å². The van der Waals surface area contributed by atoms with Crippen molar-refractivity contribution in [3.8, 4) is 0 Å². The molecule has 0 aliphatic heterocycles. The fraction of sp³-hybridized carbons (Fsp3) is 0.130. The third-order valence-electron chi connectivity index (χ3n) is 4.21. The number of amides is 3. The van der Waals surface area contributed by atoms with Crippen LogP contribution >= 0.6 is 11.8 Å². The lowest BCUT2D eigenvalue weighted by Gasteiger charge is -2.12. The van der Waals surface area contributed by atoms with Crippen molar-refractivity contribution in [3.63, 3.8) is 0 Å². The van der Waals surface area contributed by atoms with E-state index < -0.39 is 0 Å². The van der Waals surface area contributed by atoms with Crippen LogP contribution in [-0.2, 0) is 4.79 Å². The van der Waals surface area contributed by atoms with Crippen LogP contribution < -0.4 is 16.0 Å². The fourth-order valence-corrected chi connectivity index (χ4v) is 3.51. The lowest BCUT2D eigenvalue weighted by molar-refractivity contribution is -0.115. The Morgan fingerprint density at radius 1 is 0.867 bits per heavy atom. The molecule has 7 heteroatoms. The number of urea groups is 1. The molecule has 0 spiro atoms. The van der Waals surface area contributed by atoms with E-state index >= 15 is 0 Å². The van der Waals surface area contributed by atoms with Crippen molar-refractivity contribution in [1.29, 1.82) is 0 Å². The Balaban J connectivity index is 1.52. The fourth-order valence-electron chi connectivity index (χ4n) is 2.65. The number of rotatable bonds is 7. The minimum absolute atomic E-state index is 0.126. The molecule has 3 N–H and O–H groups in total. The van der Waals surface area contributed by atoms with Crippen LogP contribution in [0.1, 0.15) is 12.0 Å². The van der Waals surface area contributed by atoms with Gasteiger partial charge in [-0.15, -0.1) is 11.8 Å². The quantitative estimate of drug-likeness (QED) is 0.415. The lowest BCUT2D eigenvalue weighted by atomic mass is 10.1. The molecule has 3 amide bonds. The highest BCUT2D eigenvalue weighted by atomic mass is 32.2. The first-order valence-electron chi connectivity index (χ1n) is 9.41. The van der Waals surface area contributed by atoms with Gasteiger partial charge in [0.15, 0.2) is 0 Å². The molecule has 0 radical (unpaired) electrons. The van der Waals surface area contributed by atoms with Gasteiger partial charge in [-0.3, -0.25) is 4.79 Å². The molecule has 30 heavy (non-hydrogen) atoms. The van der Waals surface area contributed by atoms with Crippen LogP contribution in [0, 0.1) is 12.7 Å². The van der Waals surface area contributed by atoms with Crippen LogP contribution in [0.2, 0.25) is 0 Å². The van der Waals surface area contributed by atoms with Gasteiger partial charge in [0, 0.05) is 34.1 Å². The molecule has 3 aromatic carbocycles. The average molecular weight is 424 g/mol.